The van der Waals surface area contributed by atoms with E-state index in [-0.39, 0.29) is 0 Å². The van der Waals surface area contributed by atoms with Gasteiger partial charge in [-0.3, -0.25) is 4.79 Å². The van der Waals surface area contributed by atoms with Gasteiger partial charge in [0.25, 0.3) is 0 Å². The molecule has 92 valence electrons. The van der Waals surface area contributed by atoms with Gasteiger partial charge in [-0.2, -0.15) is 0 Å². The van der Waals surface area contributed by atoms with Gasteiger partial charge in [0.15, 0.2) is 6.29 Å². The molecule has 2 nitrogen and oxygen atoms in total. The van der Waals surface area contributed by atoms with E-state index in [9.17, 15) is 13.6 Å². The zero-order valence-corrected chi connectivity index (χ0v) is 9.61. The Morgan fingerprint density at radius 3 is 2.28 bits per heavy atom. The highest BCUT2D eigenvalue weighted by Gasteiger charge is 2.09. The molecule has 0 spiro atoms. The Hall–Kier alpha value is -2.23. The molecule has 0 amide bonds. The first-order chi connectivity index (χ1) is 8.63. The molecule has 0 heterocycles. The molecule has 2 aromatic carbocycles. The van der Waals surface area contributed by atoms with E-state index in [2.05, 4.69) is 0 Å². The van der Waals surface area contributed by atoms with Crippen molar-refractivity contribution in [1.29, 1.82) is 0 Å². The first-order valence-corrected chi connectivity index (χ1v) is 5.23. The van der Waals surface area contributed by atoms with Crippen LogP contribution in [0.2, 0.25) is 0 Å². The Labute approximate surface area is 103 Å². The lowest BCUT2D eigenvalue weighted by molar-refractivity contribution is 0.112. The van der Waals surface area contributed by atoms with E-state index in [1.165, 1.54) is 25.3 Å². The van der Waals surface area contributed by atoms with Crippen molar-refractivity contribution >= 4 is 6.29 Å². The van der Waals surface area contributed by atoms with Gasteiger partial charge in [0.1, 0.15) is 17.4 Å². The molecular formula is C14H10F2O2. The maximum Gasteiger partial charge on any atom is 0.150 e. The minimum atomic E-state index is -0.683. The summed E-state index contributed by atoms with van der Waals surface area (Å²) in [7, 11) is 1.48. The quantitative estimate of drug-likeness (QED) is 0.777. The van der Waals surface area contributed by atoms with E-state index >= 15 is 0 Å². The molecule has 18 heavy (non-hydrogen) atoms. The van der Waals surface area contributed by atoms with Crippen LogP contribution in [-0.4, -0.2) is 13.4 Å². The molecule has 0 aliphatic rings. The van der Waals surface area contributed by atoms with Crippen molar-refractivity contribution < 1.29 is 18.3 Å². The van der Waals surface area contributed by atoms with Crippen molar-refractivity contribution in [2.24, 2.45) is 0 Å². The van der Waals surface area contributed by atoms with Gasteiger partial charge >= 0.3 is 0 Å². The largest absolute Gasteiger partial charge is 0.497 e. The molecular weight excluding hydrogens is 238 g/mol. The van der Waals surface area contributed by atoms with Crippen molar-refractivity contribution in [2.75, 3.05) is 7.11 Å². The smallest absolute Gasteiger partial charge is 0.150 e. The molecule has 0 aliphatic heterocycles. The Morgan fingerprint density at radius 2 is 1.72 bits per heavy atom. The third-order valence-electron chi connectivity index (χ3n) is 2.56. The average Bonchev–Trinajstić information content (AvgIpc) is 2.36. The SMILES string of the molecule is COc1ccc(-c2cc(F)cc(F)c2)c(C=O)c1. The third-order valence-corrected chi connectivity index (χ3v) is 2.56. The van der Waals surface area contributed by atoms with Crippen LogP contribution in [0.15, 0.2) is 36.4 Å². The van der Waals surface area contributed by atoms with Crippen molar-refractivity contribution in [1.82, 2.24) is 0 Å². The number of carbonyl (C=O) groups excluding carboxylic acids is 1. The van der Waals surface area contributed by atoms with E-state index in [0.29, 0.717) is 28.7 Å². The van der Waals surface area contributed by atoms with E-state index in [0.717, 1.165) is 6.07 Å². The molecule has 4 heteroatoms. The molecule has 0 bridgehead atoms. The number of rotatable bonds is 3. The summed E-state index contributed by atoms with van der Waals surface area (Å²) < 4.78 is 31.3. The van der Waals surface area contributed by atoms with Gasteiger partial charge < -0.3 is 4.74 Å². The van der Waals surface area contributed by atoms with Crippen LogP contribution in [0.4, 0.5) is 8.78 Å². The second-order valence-corrected chi connectivity index (χ2v) is 3.73. The molecule has 0 fully saturated rings. The van der Waals surface area contributed by atoms with Crippen molar-refractivity contribution in [2.45, 2.75) is 0 Å². The van der Waals surface area contributed by atoms with Crippen LogP contribution in [0, 0.1) is 11.6 Å². The van der Waals surface area contributed by atoms with Gasteiger partial charge in [0.2, 0.25) is 0 Å². The maximum atomic E-state index is 13.1. The Balaban J connectivity index is 2.59. The maximum absolute atomic E-state index is 13.1. The Kier molecular flexibility index (Phi) is 3.37. The summed E-state index contributed by atoms with van der Waals surface area (Å²) in [6, 6.07) is 7.89. The van der Waals surface area contributed by atoms with Gasteiger partial charge in [0, 0.05) is 11.6 Å². The number of carbonyl (C=O) groups is 1. The lowest BCUT2D eigenvalue weighted by atomic mass is 10.00. The summed E-state index contributed by atoms with van der Waals surface area (Å²) in [6.45, 7) is 0. The predicted octanol–water partition coefficient (Wildman–Crippen LogP) is 3.45. The lowest BCUT2D eigenvalue weighted by Gasteiger charge is -2.08. The van der Waals surface area contributed by atoms with Crippen molar-refractivity contribution in [3.05, 3.63) is 53.6 Å². The lowest BCUT2D eigenvalue weighted by Crippen LogP contribution is -1.92. The molecule has 0 radical (unpaired) electrons. The Bertz CT molecular complexity index is 574. The summed E-state index contributed by atoms with van der Waals surface area (Å²) in [5.74, 6) is -0.854. The van der Waals surface area contributed by atoms with Gasteiger partial charge in [0.05, 0.1) is 7.11 Å². The summed E-state index contributed by atoms with van der Waals surface area (Å²) >= 11 is 0. The highest BCUT2D eigenvalue weighted by Crippen LogP contribution is 2.27. The molecule has 0 aliphatic carbocycles. The fourth-order valence-electron chi connectivity index (χ4n) is 1.74. The van der Waals surface area contributed by atoms with Crippen molar-refractivity contribution in [3.8, 4) is 16.9 Å². The standard InChI is InChI=1S/C14H10F2O2/c1-18-13-2-3-14(10(6-13)8-17)9-4-11(15)7-12(16)5-9/h2-8H,1H3. The van der Waals surface area contributed by atoms with E-state index in [1.54, 1.807) is 12.1 Å². The van der Waals surface area contributed by atoms with Crippen LogP contribution >= 0.6 is 0 Å². The normalized spacial score (nSPS) is 10.2. The first-order valence-electron chi connectivity index (χ1n) is 5.23. The van der Waals surface area contributed by atoms with Crippen LogP contribution in [0.25, 0.3) is 11.1 Å². The molecule has 0 aromatic heterocycles. The van der Waals surface area contributed by atoms with E-state index in [4.69, 9.17) is 4.74 Å². The third kappa shape index (κ3) is 2.37. The summed E-state index contributed by atoms with van der Waals surface area (Å²) in [6.07, 6.45) is 0.626. The van der Waals surface area contributed by atoms with Gasteiger partial charge in [-0.25, -0.2) is 8.78 Å². The molecule has 0 N–H and O–H groups in total. The molecule has 0 saturated heterocycles. The summed E-state index contributed by atoms with van der Waals surface area (Å²) in [5, 5.41) is 0. The summed E-state index contributed by atoms with van der Waals surface area (Å²) in [4.78, 5) is 11.0. The molecule has 0 saturated carbocycles. The Morgan fingerprint density at radius 1 is 1.06 bits per heavy atom. The summed E-state index contributed by atoms with van der Waals surface area (Å²) in [5.41, 5.74) is 1.10. The first kappa shape index (κ1) is 12.2. The number of hydrogen-bond donors (Lipinski definition) is 0. The minimum Gasteiger partial charge on any atom is -0.497 e. The van der Waals surface area contributed by atoms with Crippen LogP contribution in [-0.2, 0) is 0 Å². The number of ether oxygens (including phenoxy) is 1. The topological polar surface area (TPSA) is 26.3 Å². The molecule has 2 aromatic rings. The van der Waals surface area contributed by atoms with Crippen LogP contribution in [0.1, 0.15) is 10.4 Å². The van der Waals surface area contributed by atoms with Crippen LogP contribution in [0.3, 0.4) is 0 Å². The van der Waals surface area contributed by atoms with Gasteiger partial charge in [-0.15, -0.1) is 0 Å². The fraction of sp³-hybridized carbons (Fsp3) is 0.0714. The van der Waals surface area contributed by atoms with Crippen LogP contribution < -0.4 is 4.74 Å². The zero-order valence-electron chi connectivity index (χ0n) is 9.61. The highest BCUT2D eigenvalue weighted by atomic mass is 19.1. The predicted molar refractivity (Wildman–Crippen MR) is 63.7 cm³/mol. The van der Waals surface area contributed by atoms with Crippen LogP contribution in [0.5, 0.6) is 5.75 Å². The zero-order chi connectivity index (χ0) is 13.1. The number of halogens is 2. The second-order valence-electron chi connectivity index (χ2n) is 3.73. The van der Waals surface area contributed by atoms with Crippen molar-refractivity contribution in [3.63, 3.8) is 0 Å². The molecule has 0 unspecified atom stereocenters. The number of benzene rings is 2. The number of methoxy groups -OCH3 is 1. The number of hydrogen-bond acceptors (Lipinski definition) is 2. The minimum absolute atomic E-state index is 0.317. The highest BCUT2D eigenvalue weighted by molar-refractivity contribution is 5.88. The average molecular weight is 248 g/mol. The van der Waals surface area contributed by atoms with Gasteiger partial charge in [-0.1, -0.05) is 0 Å². The van der Waals surface area contributed by atoms with E-state index in [1.807, 2.05) is 0 Å². The van der Waals surface area contributed by atoms with E-state index < -0.39 is 11.6 Å². The fourth-order valence-corrected chi connectivity index (χ4v) is 1.74. The molecule has 0 atom stereocenters. The number of aldehydes is 1. The second kappa shape index (κ2) is 4.96. The molecule has 2 rings (SSSR count). The van der Waals surface area contributed by atoms with Gasteiger partial charge in [-0.05, 0) is 41.5 Å². The monoisotopic (exact) mass is 248 g/mol.